The Morgan fingerprint density at radius 1 is 1.14 bits per heavy atom. The van der Waals surface area contributed by atoms with Crippen molar-refractivity contribution in [2.45, 2.75) is 52.5 Å². The number of likely N-dealkylation sites (N-methyl/N-ethyl adjacent to an activating group) is 1. The zero-order valence-electron chi connectivity index (χ0n) is 21.0. The first kappa shape index (κ1) is 26.2. The highest BCUT2D eigenvalue weighted by Crippen LogP contribution is 2.20. The topological polar surface area (TPSA) is 118 Å². The molecule has 3 rings (SSSR count). The lowest BCUT2D eigenvalue weighted by Gasteiger charge is -2.26. The summed E-state index contributed by atoms with van der Waals surface area (Å²) in [6.45, 7) is 7.62. The minimum Gasteiger partial charge on any atom is -0.464 e. The number of hydrogen-bond acceptors (Lipinski definition) is 7. The minimum atomic E-state index is -0.716. The molecule has 0 spiro atoms. The molecule has 0 unspecified atom stereocenters. The van der Waals surface area contributed by atoms with Gasteiger partial charge in [0.2, 0.25) is 0 Å². The molecule has 0 radical (unpaired) electrons. The molecule has 10 nitrogen and oxygen atoms in total. The monoisotopic (exact) mass is 485 g/mol. The Morgan fingerprint density at radius 3 is 2.46 bits per heavy atom. The zero-order valence-corrected chi connectivity index (χ0v) is 21.0. The number of carbonyl (C=O) groups excluding carboxylic acids is 3. The summed E-state index contributed by atoms with van der Waals surface area (Å²) in [5, 5.41) is 6.73. The van der Waals surface area contributed by atoms with Crippen molar-refractivity contribution < 1.29 is 23.6 Å². The highest BCUT2D eigenvalue weighted by atomic mass is 16.5. The molecule has 190 valence electrons. The maximum absolute atomic E-state index is 12.6. The molecule has 3 amide bonds. The number of urea groups is 1. The summed E-state index contributed by atoms with van der Waals surface area (Å²) in [6, 6.07) is 6.07. The van der Waals surface area contributed by atoms with Gasteiger partial charge in [0.1, 0.15) is 6.04 Å². The Bertz CT molecular complexity index is 998. The molecule has 0 saturated carbocycles. The smallest absolute Gasteiger partial charge is 0.328 e. The molecule has 2 aromatic rings. The molecule has 1 aliphatic rings. The summed E-state index contributed by atoms with van der Waals surface area (Å²) < 4.78 is 10.4. The maximum Gasteiger partial charge on any atom is 0.328 e. The van der Waals surface area contributed by atoms with Gasteiger partial charge in [-0.05, 0) is 56.4 Å². The van der Waals surface area contributed by atoms with E-state index in [4.69, 9.17) is 9.26 Å². The molecule has 1 aliphatic heterocycles. The minimum absolute atomic E-state index is 0.0476. The number of likely N-dealkylation sites (tertiary alicyclic amines) is 1. The van der Waals surface area contributed by atoms with Crippen LogP contribution in [0.1, 0.15) is 56.2 Å². The van der Waals surface area contributed by atoms with E-state index in [0.717, 1.165) is 31.5 Å². The van der Waals surface area contributed by atoms with Crippen molar-refractivity contribution in [3.63, 3.8) is 0 Å². The van der Waals surface area contributed by atoms with Crippen LogP contribution in [-0.2, 0) is 16.0 Å². The molecule has 1 fully saturated rings. The molecule has 0 aliphatic carbocycles. The van der Waals surface area contributed by atoms with Gasteiger partial charge in [-0.25, -0.2) is 9.59 Å². The van der Waals surface area contributed by atoms with Gasteiger partial charge in [0, 0.05) is 44.2 Å². The van der Waals surface area contributed by atoms with Crippen molar-refractivity contribution in [1.82, 2.24) is 25.3 Å². The van der Waals surface area contributed by atoms with E-state index in [1.165, 1.54) is 11.3 Å². The number of piperidine rings is 1. The summed E-state index contributed by atoms with van der Waals surface area (Å²) in [6.07, 6.45) is 3.66. The highest BCUT2D eigenvalue weighted by Gasteiger charge is 2.26. The molecule has 0 bridgehead atoms. The van der Waals surface area contributed by atoms with Gasteiger partial charge < -0.3 is 24.4 Å². The summed E-state index contributed by atoms with van der Waals surface area (Å²) in [7, 11) is 1.64. The van der Waals surface area contributed by atoms with E-state index < -0.39 is 12.0 Å². The van der Waals surface area contributed by atoms with Gasteiger partial charge in [-0.1, -0.05) is 19.0 Å². The third-order valence-electron chi connectivity index (χ3n) is 5.99. The van der Waals surface area contributed by atoms with E-state index in [9.17, 15) is 14.4 Å². The van der Waals surface area contributed by atoms with E-state index in [0.29, 0.717) is 30.2 Å². The van der Waals surface area contributed by atoms with Gasteiger partial charge in [-0.3, -0.25) is 4.79 Å². The van der Waals surface area contributed by atoms with Gasteiger partial charge in [-0.2, -0.15) is 4.98 Å². The van der Waals surface area contributed by atoms with Crippen molar-refractivity contribution >= 4 is 17.9 Å². The van der Waals surface area contributed by atoms with Crippen LogP contribution in [0.25, 0.3) is 11.5 Å². The number of amides is 3. The first-order valence-corrected chi connectivity index (χ1v) is 12.2. The van der Waals surface area contributed by atoms with Crippen molar-refractivity contribution in [3.8, 4) is 11.5 Å². The van der Waals surface area contributed by atoms with Crippen LogP contribution < -0.4 is 5.32 Å². The van der Waals surface area contributed by atoms with Crippen LogP contribution in [-0.4, -0.2) is 77.2 Å². The summed E-state index contributed by atoms with van der Waals surface area (Å²) in [4.78, 5) is 45.0. The van der Waals surface area contributed by atoms with Crippen LogP contribution in [0.2, 0.25) is 0 Å². The molecule has 2 heterocycles. The fourth-order valence-electron chi connectivity index (χ4n) is 3.85. The Labute approximate surface area is 206 Å². The van der Waals surface area contributed by atoms with E-state index in [-0.39, 0.29) is 24.5 Å². The Morgan fingerprint density at radius 2 is 1.83 bits per heavy atom. The van der Waals surface area contributed by atoms with Crippen molar-refractivity contribution in [1.29, 1.82) is 0 Å². The first-order chi connectivity index (χ1) is 16.8. The average molecular weight is 486 g/mol. The van der Waals surface area contributed by atoms with E-state index in [2.05, 4.69) is 15.5 Å². The third-order valence-corrected chi connectivity index (χ3v) is 5.99. The van der Waals surface area contributed by atoms with Crippen LogP contribution in [0.3, 0.4) is 0 Å². The third kappa shape index (κ3) is 7.03. The number of aromatic nitrogens is 2. The number of carbonyl (C=O) groups is 3. The second-order valence-corrected chi connectivity index (χ2v) is 9.04. The van der Waals surface area contributed by atoms with E-state index in [1.54, 1.807) is 38.2 Å². The maximum atomic E-state index is 12.6. The molecular weight excluding hydrogens is 450 g/mol. The number of nitrogens with zero attached hydrogens (tertiary/aromatic N) is 4. The van der Waals surface area contributed by atoms with Crippen molar-refractivity contribution in [2.75, 3.05) is 33.3 Å². The molecule has 1 N–H and O–H groups in total. The van der Waals surface area contributed by atoms with Gasteiger partial charge >= 0.3 is 12.0 Å². The number of rotatable bonds is 9. The summed E-state index contributed by atoms with van der Waals surface area (Å²) in [5.41, 5.74) is 1.37. The largest absolute Gasteiger partial charge is 0.464 e. The Kier molecular flexibility index (Phi) is 9.22. The molecule has 1 atom stereocenters. The molecule has 10 heteroatoms. The predicted octanol–water partition coefficient (Wildman–Crippen LogP) is 3.13. The Balaban J connectivity index is 1.53. The SMILES string of the molecule is CCOC(=O)[C@H](NC(=O)N(C)CCc1noc(-c2ccc(C(=O)N3CCCCC3)cc2)n1)C(C)C. The predicted molar refractivity (Wildman–Crippen MR) is 130 cm³/mol. The second-order valence-electron chi connectivity index (χ2n) is 9.04. The van der Waals surface area contributed by atoms with E-state index >= 15 is 0 Å². The van der Waals surface area contributed by atoms with Crippen LogP contribution in [0, 0.1) is 5.92 Å². The average Bonchev–Trinajstić information content (AvgIpc) is 3.35. The fourth-order valence-corrected chi connectivity index (χ4v) is 3.85. The van der Waals surface area contributed by atoms with Gasteiger partial charge in [0.15, 0.2) is 5.82 Å². The molecule has 35 heavy (non-hydrogen) atoms. The van der Waals surface area contributed by atoms with Crippen LogP contribution >= 0.6 is 0 Å². The molecule has 1 aromatic carbocycles. The fraction of sp³-hybridized carbons (Fsp3) is 0.560. The summed E-state index contributed by atoms with van der Waals surface area (Å²) >= 11 is 0. The molecular formula is C25H35N5O5. The normalized spacial score (nSPS) is 14.5. The molecule has 1 saturated heterocycles. The summed E-state index contributed by atoms with van der Waals surface area (Å²) in [5.74, 6) is 0.306. The number of hydrogen-bond donors (Lipinski definition) is 1. The number of benzene rings is 1. The highest BCUT2D eigenvalue weighted by molar-refractivity contribution is 5.94. The lowest BCUT2D eigenvalue weighted by atomic mass is 10.1. The zero-order chi connectivity index (χ0) is 25.4. The van der Waals surface area contributed by atoms with Crippen LogP contribution in [0.15, 0.2) is 28.8 Å². The van der Waals surface area contributed by atoms with Gasteiger partial charge in [-0.15, -0.1) is 0 Å². The number of nitrogens with one attached hydrogen (secondary N) is 1. The van der Waals surface area contributed by atoms with Crippen molar-refractivity contribution in [2.24, 2.45) is 5.92 Å². The quantitative estimate of drug-likeness (QED) is 0.542. The van der Waals surface area contributed by atoms with Crippen molar-refractivity contribution in [3.05, 3.63) is 35.7 Å². The van der Waals surface area contributed by atoms with Gasteiger partial charge in [0.25, 0.3) is 11.8 Å². The first-order valence-electron chi connectivity index (χ1n) is 12.2. The van der Waals surface area contributed by atoms with Gasteiger partial charge in [0.05, 0.1) is 6.61 Å². The number of ether oxygens (including phenoxy) is 1. The van der Waals surface area contributed by atoms with E-state index in [1.807, 2.05) is 18.7 Å². The standard InChI is InChI=1S/C25H35N5O5/c1-5-34-24(32)21(17(2)3)27-25(33)29(4)16-13-20-26-22(35-28-20)18-9-11-19(12-10-18)23(31)30-14-7-6-8-15-30/h9-12,17,21H,5-8,13-16H2,1-4H3,(H,27,33)/t21-/m1/s1. The van der Waals surface area contributed by atoms with Crippen LogP contribution in [0.5, 0.6) is 0 Å². The lowest BCUT2D eigenvalue weighted by molar-refractivity contribution is -0.146. The number of esters is 1. The Hall–Kier alpha value is -3.43. The lowest BCUT2D eigenvalue weighted by Crippen LogP contribution is -2.50. The molecule has 1 aromatic heterocycles. The van der Waals surface area contributed by atoms with Crippen LogP contribution in [0.4, 0.5) is 4.79 Å². The second kappa shape index (κ2) is 12.3.